The van der Waals surface area contributed by atoms with Gasteiger partial charge in [0.2, 0.25) is 0 Å². The number of rotatable bonds is 1. The highest BCUT2D eigenvalue weighted by Gasteiger charge is 2.18. The quantitative estimate of drug-likeness (QED) is 0.740. The van der Waals surface area contributed by atoms with Crippen LogP contribution in [0, 0.1) is 0 Å². The molecule has 0 saturated carbocycles. The van der Waals surface area contributed by atoms with Crippen molar-refractivity contribution in [1.29, 1.82) is 0 Å². The van der Waals surface area contributed by atoms with Crippen molar-refractivity contribution < 1.29 is 0 Å². The van der Waals surface area contributed by atoms with E-state index in [-0.39, 0.29) is 11.4 Å². The molecule has 2 heterocycles. The van der Waals surface area contributed by atoms with E-state index in [2.05, 4.69) is 0 Å². The molecule has 0 N–H and O–H groups in total. The molecule has 0 fully saturated rings. The molecule has 1 aliphatic heterocycles. The molecule has 0 radical (unpaired) electrons. The van der Waals surface area contributed by atoms with Gasteiger partial charge in [-0.1, -0.05) is 23.3 Å². The third-order valence-electron chi connectivity index (χ3n) is 3.21. The van der Waals surface area contributed by atoms with Crippen LogP contribution in [0.1, 0.15) is 6.92 Å². The second kappa shape index (κ2) is 4.28. The fourth-order valence-electron chi connectivity index (χ4n) is 2.20. The first kappa shape index (κ1) is 12.0. The van der Waals surface area contributed by atoms with Gasteiger partial charge in [-0.2, -0.15) is 0 Å². The lowest BCUT2D eigenvalue weighted by Gasteiger charge is -2.13. The zero-order chi connectivity index (χ0) is 13.6. The van der Waals surface area contributed by atoms with Crippen molar-refractivity contribution in [3.8, 4) is 5.69 Å². The SMILES string of the molecule is CC1=CCn2c(=O)n(-c3ccc(Cl)cc3)c(=O)n2C1. The maximum atomic E-state index is 12.3. The molecule has 98 valence electrons. The lowest BCUT2D eigenvalue weighted by molar-refractivity contribution is 0.468. The largest absolute Gasteiger partial charge is 0.352 e. The molecule has 0 spiro atoms. The van der Waals surface area contributed by atoms with Gasteiger partial charge in [0.15, 0.2) is 0 Å². The van der Waals surface area contributed by atoms with Gasteiger partial charge in [-0.05, 0) is 31.2 Å². The number of fused-ring (bicyclic) bond motifs is 1. The number of hydrogen-bond acceptors (Lipinski definition) is 2. The molecule has 0 amide bonds. The Balaban J connectivity index is 2.22. The highest BCUT2D eigenvalue weighted by Crippen LogP contribution is 2.11. The molecule has 1 aromatic heterocycles. The highest BCUT2D eigenvalue weighted by molar-refractivity contribution is 6.30. The second-order valence-corrected chi connectivity index (χ2v) is 5.00. The van der Waals surface area contributed by atoms with E-state index < -0.39 is 0 Å². The summed E-state index contributed by atoms with van der Waals surface area (Å²) in [6.45, 7) is 2.83. The van der Waals surface area contributed by atoms with Crippen LogP contribution in [0.15, 0.2) is 45.5 Å². The average Bonchev–Trinajstić information content (AvgIpc) is 2.63. The first-order valence-corrected chi connectivity index (χ1v) is 6.30. The fourth-order valence-corrected chi connectivity index (χ4v) is 2.33. The zero-order valence-corrected chi connectivity index (χ0v) is 11.1. The van der Waals surface area contributed by atoms with Crippen molar-refractivity contribution in [2.75, 3.05) is 0 Å². The summed E-state index contributed by atoms with van der Waals surface area (Å²) >= 11 is 5.81. The third-order valence-corrected chi connectivity index (χ3v) is 3.46. The summed E-state index contributed by atoms with van der Waals surface area (Å²) in [5.74, 6) is 0. The van der Waals surface area contributed by atoms with Gasteiger partial charge in [-0.25, -0.2) is 23.5 Å². The Morgan fingerprint density at radius 3 is 2.37 bits per heavy atom. The molecule has 0 aliphatic carbocycles. The zero-order valence-electron chi connectivity index (χ0n) is 10.3. The molecule has 1 aliphatic rings. The lowest BCUT2D eigenvalue weighted by atomic mass is 10.2. The van der Waals surface area contributed by atoms with Crippen molar-refractivity contribution in [2.24, 2.45) is 0 Å². The predicted molar refractivity (Wildman–Crippen MR) is 73.1 cm³/mol. The van der Waals surface area contributed by atoms with Crippen LogP contribution in [0.3, 0.4) is 0 Å². The summed E-state index contributed by atoms with van der Waals surface area (Å²) < 4.78 is 4.08. The molecule has 1 aromatic carbocycles. The van der Waals surface area contributed by atoms with Crippen LogP contribution in [0.2, 0.25) is 5.02 Å². The maximum absolute atomic E-state index is 12.3. The summed E-state index contributed by atoms with van der Waals surface area (Å²) in [4.78, 5) is 24.6. The Labute approximate surface area is 113 Å². The number of allylic oxidation sites excluding steroid dienone is 2. The van der Waals surface area contributed by atoms with E-state index in [1.165, 1.54) is 13.9 Å². The van der Waals surface area contributed by atoms with Crippen molar-refractivity contribution in [2.45, 2.75) is 20.0 Å². The molecule has 5 nitrogen and oxygen atoms in total. The molecule has 0 bridgehead atoms. The minimum absolute atomic E-state index is 0.320. The summed E-state index contributed by atoms with van der Waals surface area (Å²) in [5, 5.41) is 0.568. The van der Waals surface area contributed by atoms with Gasteiger partial charge >= 0.3 is 11.4 Å². The smallest absolute Gasteiger partial charge is 0.245 e. The van der Waals surface area contributed by atoms with Crippen LogP contribution in [-0.4, -0.2) is 13.9 Å². The van der Waals surface area contributed by atoms with Gasteiger partial charge in [0, 0.05) is 5.02 Å². The first-order valence-electron chi connectivity index (χ1n) is 5.92. The molecular formula is C13H12ClN3O2. The van der Waals surface area contributed by atoms with Crippen LogP contribution in [0.5, 0.6) is 0 Å². The predicted octanol–water partition coefficient (Wildman–Crippen LogP) is 1.41. The van der Waals surface area contributed by atoms with E-state index in [1.807, 2.05) is 13.0 Å². The third kappa shape index (κ3) is 1.86. The van der Waals surface area contributed by atoms with Crippen LogP contribution >= 0.6 is 11.6 Å². The van der Waals surface area contributed by atoms with Gasteiger partial charge in [0.1, 0.15) is 0 Å². The molecule has 0 unspecified atom stereocenters. The number of benzene rings is 1. The topological polar surface area (TPSA) is 48.9 Å². The highest BCUT2D eigenvalue weighted by atomic mass is 35.5. The van der Waals surface area contributed by atoms with Crippen LogP contribution in [-0.2, 0) is 13.1 Å². The normalized spacial score (nSPS) is 14.1. The molecule has 3 rings (SSSR count). The summed E-state index contributed by atoms with van der Waals surface area (Å²) in [7, 11) is 0. The summed E-state index contributed by atoms with van der Waals surface area (Å²) in [6.07, 6.45) is 1.95. The Morgan fingerprint density at radius 1 is 1.05 bits per heavy atom. The summed E-state index contributed by atoms with van der Waals surface area (Å²) in [5.41, 5.74) is 0.970. The van der Waals surface area contributed by atoms with Gasteiger partial charge in [0.25, 0.3) is 0 Å². The monoisotopic (exact) mass is 277 g/mol. The van der Waals surface area contributed by atoms with Crippen LogP contribution in [0.4, 0.5) is 0 Å². The van der Waals surface area contributed by atoms with Crippen molar-refractivity contribution in [3.63, 3.8) is 0 Å². The Morgan fingerprint density at radius 2 is 1.68 bits per heavy atom. The van der Waals surface area contributed by atoms with Gasteiger partial charge in [-0.3, -0.25) is 0 Å². The number of aromatic nitrogens is 3. The number of halogens is 1. The van der Waals surface area contributed by atoms with Crippen LogP contribution in [0.25, 0.3) is 5.69 Å². The average molecular weight is 278 g/mol. The first-order chi connectivity index (χ1) is 9.08. The Kier molecular flexibility index (Phi) is 2.71. The van der Waals surface area contributed by atoms with Crippen molar-refractivity contribution in [1.82, 2.24) is 13.9 Å². The Bertz CT molecular complexity index is 778. The van der Waals surface area contributed by atoms with Gasteiger partial charge in [0.05, 0.1) is 18.8 Å². The van der Waals surface area contributed by atoms with E-state index in [0.29, 0.717) is 23.8 Å². The van der Waals surface area contributed by atoms with Gasteiger partial charge in [-0.15, -0.1) is 0 Å². The molecule has 19 heavy (non-hydrogen) atoms. The lowest BCUT2D eigenvalue weighted by Crippen LogP contribution is -2.29. The van der Waals surface area contributed by atoms with Crippen LogP contribution < -0.4 is 11.4 Å². The molecule has 6 heteroatoms. The van der Waals surface area contributed by atoms with Crippen molar-refractivity contribution in [3.05, 3.63) is 61.9 Å². The van der Waals surface area contributed by atoms with E-state index in [0.717, 1.165) is 5.57 Å². The number of hydrogen-bond donors (Lipinski definition) is 0. The second-order valence-electron chi connectivity index (χ2n) is 4.57. The van der Waals surface area contributed by atoms with E-state index >= 15 is 0 Å². The molecule has 0 atom stereocenters. The van der Waals surface area contributed by atoms with E-state index in [9.17, 15) is 9.59 Å². The molecule has 2 aromatic rings. The van der Waals surface area contributed by atoms with E-state index in [1.54, 1.807) is 24.3 Å². The minimum atomic E-state index is -0.323. The molecule has 0 saturated heterocycles. The maximum Gasteiger partial charge on any atom is 0.352 e. The standard InChI is InChI=1S/C13H12ClN3O2/c1-9-6-7-15-12(18)17(13(19)16(15)8-9)11-4-2-10(14)3-5-11/h2-6H,7-8H2,1H3. The summed E-state index contributed by atoms with van der Waals surface area (Å²) in [6, 6.07) is 6.65. The minimum Gasteiger partial charge on any atom is -0.245 e. The number of nitrogens with zero attached hydrogens (tertiary/aromatic N) is 3. The van der Waals surface area contributed by atoms with E-state index in [4.69, 9.17) is 11.6 Å². The fraction of sp³-hybridized carbons (Fsp3) is 0.231. The Hall–Kier alpha value is -2.01. The van der Waals surface area contributed by atoms with Gasteiger partial charge < -0.3 is 0 Å². The van der Waals surface area contributed by atoms with Crippen molar-refractivity contribution >= 4 is 11.6 Å². The molecular weight excluding hydrogens is 266 g/mol.